The Morgan fingerprint density at radius 2 is 0.765 bits per heavy atom. The molecule has 11 rings (SSSR count). The summed E-state index contributed by atoms with van der Waals surface area (Å²) >= 11 is 1.96. The van der Waals surface area contributed by atoms with Gasteiger partial charge in [0.15, 0.2) is 69.7 Å². The van der Waals surface area contributed by atoms with Crippen LogP contribution in [0.15, 0.2) is 73.3 Å². The second kappa shape index (κ2) is 57.6. The van der Waals surface area contributed by atoms with Gasteiger partial charge in [0.2, 0.25) is 20.0 Å². The molecular formula is C116H207IN4O20S2Si6. The van der Waals surface area contributed by atoms with E-state index in [1.807, 2.05) is 63.7 Å². The molecule has 33 heteroatoms. The first-order chi connectivity index (χ1) is 69.1. The molecule has 24 nitrogen and oxygen atoms in total. The zero-order chi connectivity index (χ0) is 113. The second-order valence-corrected chi connectivity index (χ2v) is 85.2. The molecular weight excluding hydrogens is 2130 g/mol. The molecule has 0 spiro atoms. The van der Waals surface area contributed by atoms with Crippen molar-refractivity contribution in [3.05, 3.63) is 107 Å². The number of primary sulfonamides is 1. The molecule has 3 aromatic carbocycles. The van der Waals surface area contributed by atoms with Crippen molar-refractivity contribution in [3.63, 3.8) is 0 Å². The van der Waals surface area contributed by atoms with Crippen molar-refractivity contribution in [3.8, 4) is 17.2 Å². The molecule has 0 unspecified atom stereocenters. The van der Waals surface area contributed by atoms with Gasteiger partial charge in [0, 0.05) is 63.6 Å². The number of halogens is 1. The summed E-state index contributed by atoms with van der Waals surface area (Å²) in [4.78, 5) is 52.4. The molecule has 1 aromatic heterocycles. The number of benzene rings is 3. The number of nitrogens with two attached hydrogens (primary N) is 1. The van der Waals surface area contributed by atoms with Gasteiger partial charge < -0.3 is 55.3 Å². The Bertz CT molecular complexity index is 5030. The number of nitrogens with one attached hydrogen (secondary N) is 1. The number of esters is 1. The number of nitrogens with zero attached hydrogens (tertiary/aromatic N) is 2. The number of carboxylic acids is 1. The van der Waals surface area contributed by atoms with Crippen molar-refractivity contribution in [1.29, 1.82) is 0 Å². The van der Waals surface area contributed by atoms with Crippen LogP contribution in [0, 0.1) is 53.3 Å². The van der Waals surface area contributed by atoms with E-state index in [2.05, 4.69) is 252 Å². The predicted octanol–water partition coefficient (Wildman–Crippen LogP) is 29.0. The molecule has 6 aliphatic carbocycles. The third-order valence-electron chi connectivity index (χ3n) is 35.5. The first-order valence-corrected chi connectivity index (χ1v) is 79.1. The molecule has 1 saturated heterocycles. The Hall–Kier alpha value is -4.04. The van der Waals surface area contributed by atoms with E-state index in [-0.39, 0.29) is 80.6 Å². The largest absolute Gasteiger partial charge is 0.483 e. The summed E-state index contributed by atoms with van der Waals surface area (Å²) in [7, 11) is -18.4. The van der Waals surface area contributed by atoms with Crippen molar-refractivity contribution < 1.29 is 92.7 Å². The lowest BCUT2D eigenvalue weighted by atomic mass is 9.73. The summed E-state index contributed by atoms with van der Waals surface area (Å²) in [6, 6.07) is 18.5. The number of fused-ring (bicyclic) bond motifs is 6. The Labute approximate surface area is 926 Å². The fourth-order valence-electron chi connectivity index (χ4n) is 21.1. The average molecular weight is 2340 g/mol. The third-order valence-corrected chi connectivity index (χ3v) is 63.2. The first-order valence-electron chi connectivity index (χ1n) is 57.0. The molecule has 4 N–H and O–H groups in total. The van der Waals surface area contributed by atoms with E-state index < -0.39 is 93.9 Å². The van der Waals surface area contributed by atoms with E-state index in [4.69, 9.17) is 51.6 Å². The molecule has 15 atom stereocenters. The molecule has 0 radical (unpaired) electrons. The number of alkyl halides is 1. The number of imidazole rings is 1. The number of aliphatic carboxylic acids is 1. The second-order valence-electron chi connectivity index (χ2n) is 53.3. The summed E-state index contributed by atoms with van der Waals surface area (Å²) in [6.07, 6.45) is 39.5. The number of hydrogen-bond donors (Lipinski definition) is 3. The van der Waals surface area contributed by atoms with Crippen LogP contribution in [0.5, 0.6) is 17.2 Å². The summed E-state index contributed by atoms with van der Waals surface area (Å²) in [6.45, 7) is 78.6. The Balaban J connectivity index is 0.000000323. The Morgan fingerprint density at radius 1 is 0.470 bits per heavy atom. The third kappa shape index (κ3) is 41.6. The van der Waals surface area contributed by atoms with E-state index in [1.54, 1.807) is 0 Å². The Morgan fingerprint density at radius 3 is 1.02 bits per heavy atom. The van der Waals surface area contributed by atoms with Crippen LogP contribution in [0.2, 0.25) is 109 Å². The molecule has 4 fully saturated rings. The normalized spacial score (nSPS) is 22.4. The quantitative estimate of drug-likeness (QED) is 0.00926. The maximum atomic E-state index is 12.5. The minimum absolute atomic E-state index is 0.135. The average Bonchev–Trinajstić information content (AvgIpc) is 1.61. The maximum Gasteiger partial charge on any atom is 0.427 e. The first kappa shape index (κ1) is 132. The maximum absolute atomic E-state index is 12.5. The highest BCUT2D eigenvalue weighted by molar-refractivity contribution is 14.1. The van der Waals surface area contributed by atoms with Crippen LogP contribution < -0.4 is 24.1 Å². The van der Waals surface area contributed by atoms with Gasteiger partial charge >= 0.3 is 18.0 Å². The lowest BCUT2D eigenvalue weighted by Gasteiger charge is -2.42. The van der Waals surface area contributed by atoms with Gasteiger partial charge in [-0.05, 0) is 347 Å². The molecule has 854 valence electrons. The van der Waals surface area contributed by atoms with Crippen molar-refractivity contribution in [2.24, 2.45) is 58.4 Å². The minimum atomic E-state index is -3.63. The lowest BCUT2D eigenvalue weighted by Crippen LogP contribution is -2.46. The van der Waals surface area contributed by atoms with Crippen LogP contribution in [0.25, 0.3) is 0 Å². The highest BCUT2D eigenvalue weighted by Crippen LogP contribution is 2.57. The standard InChI is InChI=1S/C39H64N2O6Si2.C36H65NO6SSi2.C35H62O5Si2.C4H8O.CH3I.CH5NO2S/c1-12-13-14-17-30(46-48(8,9)38(2,3)4)19-20-31-32-23-28-16-15-18-34(44-26-36(42)45-37(43)41-22-21-40-27-41)33(28)24-29(32)25-35(31)47-49(10,11)39(5,6)7;1-13-14-15-18-28(42-45(9,10)35(2,3)4)20-21-29-30-22-26-17-16-19-32(41-25-34(38)37-44(8,39)40)31(26)23-27(30)24-33(29)43-46(11,12)36(5,6)7;1-12-13-14-17-27(39-41(8,9)34(2,3)4)19-20-28-29-21-25-16-15-18-31(38-24-33(36)37)30(25)22-26(29)23-32(28)40-42(10,11)35(5,6)7;1-2-4-5-3-1;1-2;1-5(2,3)4/h15-16,18,21-22,27,29-32,35H,12-14,17,19-20,23-26H2,1-11H3;16-17,19,27-30,33H,13-15,18,20-25H2,1-12H3,(H,37,38);15-16,18,26-29,32H,12-14,17,19-24H2,1-11H3,(H,36,37);1-4H2;1H3;1H3,(H2,2,3,4)/t29-,30-,31+,32-,35+;27-,28-,29+,30-,33+;26-,27-,28+,29-,32+;;;/m000.../s1/i;;;;1D;. The highest BCUT2D eigenvalue weighted by Gasteiger charge is 2.55. The summed E-state index contributed by atoms with van der Waals surface area (Å²) in [5.41, 5.74) is 7.43. The van der Waals surface area contributed by atoms with Crippen LogP contribution in [-0.4, -0.2) is 192 Å². The monoisotopic (exact) mass is 2340 g/mol. The van der Waals surface area contributed by atoms with Gasteiger partial charge in [-0.25, -0.2) is 45.9 Å². The fraction of sp³-hybridized carbons (Fsp3) is 0.784. The number of amides is 1. The van der Waals surface area contributed by atoms with Crippen LogP contribution >= 0.6 is 22.6 Å². The molecule has 149 heavy (non-hydrogen) atoms. The number of rotatable bonds is 43. The number of unbranched alkanes of at least 4 members (excludes halogenated alkanes) is 6. The van der Waals surface area contributed by atoms with Gasteiger partial charge in [0.05, 0.1) is 12.5 Å². The lowest BCUT2D eigenvalue weighted by molar-refractivity contribution is -0.140. The molecule has 4 aromatic rings. The number of aromatic nitrogens is 2. The SMILES string of the molecule is C1CCOC1.CCCCC[C@@H](CC[C@@H]1[C@H]2Cc3cccc(OCC(=O)NS(C)(=O)=O)c3C[C@H]2C[C@H]1O[Si](C)(C)C(C)(C)C)O[Si](C)(C)C(C)(C)C.CCCCC[C@@H](CC[C@@H]1[C@H]2Cc3cccc(OCC(=O)O)c3C[C@H]2C[C@H]1O[Si](C)(C)C(C)(C)C)O[Si](C)(C)C(C)(C)C.CCCCC[C@@H](CC[C@@H]1[C@H]2Cc3cccc(OCC(=O)OC(=O)n4ccnc4)c3C[C@H]2C[C@H]1O[Si](C)(C)C(C)(C)C)O[Si](C)(C)C(C)(C)C.CS(N)(=O)=O.[2H]CI. The van der Waals surface area contributed by atoms with Gasteiger partial charge in [-0.15, -0.1) is 0 Å². The predicted molar refractivity (Wildman–Crippen MR) is 635 cm³/mol. The van der Waals surface area contributed by atoms with Crippen molar-refractivity contribution in [1.82, 2.24) is 14.3 Å². The zero-order valence-corrected chi connectivity index (χ0v) is 109. The van der Waals surface area contributed by atoms with Crippen molar-refractivity contribution >= 4 is 116 Å². The number of carboxylic acid groups (broad SMARTS) is 1. The molecule has 0 bridgehead atoms. The summed E-state index contributed by atoms with van der Waals surface area (Å²) in [5.74, 6) is 4.37. The van der Waals surface area contributed by atoms with Crippen molar-refractivity contribution in [2.75, 3.05) is 50.5 Å². The number of hydrogen-bond acceptors (Lipinski definition) is 20. The summed E-state index contributed by atoms with van der Waals surface area (Å²) in [5, 5.41) is 14.5. The minimum Gasteiger partial charge on any atom is -0.483 e. The molecule has 1 aliphatic heterocycles. The van der Waals surface area contributed by atoms with Crippen LogP contribution in [0.3, 0.4) is 0 Å². The topological polar surface area (TPSA) is 314 Å². The van der Waals surface area contributed by atoms with E-state index >= 15 is 0 Å². The zero-order valence-electron chi connectivity index (χ0n) is 100. The number of ether oxygens (including phenoxy) is 5. The Kier molecular flexibility index (Phi) is 51.0. The van der Waals surface area contributed by atoms with Gasteiger partial charge in [-0.3, -0.25) is 9.52 Å². The van der Waals surface area contributed by atoms with E-state index in [0.29, 0.717) is 75.8 Å². The molecule has 2 heterocycles. The van der Waals surface area contributed by atoms with Gasteiger partial charge in [-0.2, -0.15) is 0 Å². The summed E-state index contributed by atoms with van der Waals surface area (Å²) < 4.78 is 122. The molecule has 1 amide bonds. The number of carbonyl (C=O) groups excluding carboxylic acids is 3. The van der Waals surface area contributed by atoms with E-state index in [9.17, 15) is 41.1 Å². The van der Waals surface area contributed by atoms with Crippen LogP contribution in [-0.2, 0) is 109 Å². The van der Waals surface area contributed by atoms with Gasteiger partial charge in [0.25, 0.3) is 5.91 Å². The van der Waals surface area contributed by atoms with Gasteiger partial charge in [-0.1, -0.05) is 262 Å². The number of carbonyl (C=O) groups is 4. The smallest absolute Gasteiger partial charge is 0.427 e. The van der Waals surface area contributed by atoms with Crippen LogP contribution in [0.1, 0.15) is 328 Å². The van der Waals surface area contributed by atoms with Gasteiger partial charge in [0.1, 0.15) is 23.6 Å². The molecule has 7 aliphatic rings. The van der Waals surface area contributed by atoms with E-state index in [1.165, 1.54) is 117 Å². The van der Waals surface area contributed by atoms with Crippen LogP contribution in [0.4, 0.5) is 4.79 Å². The molecule has 3 saturated carbocycles. The van der Waals surface area contributed by atoms with E-state index in [0.717, 1.165) is 157 Å². The number of sulfonamides is 2. The highest BCUT2D eigenvalue weighted by atomic mass is 127. The van der Waals surface area contributed by atoms with Crippen molar-refractivity contribution in [2.45, 2.75) is 477 Å². The fourth-order valence-corrected chi connectivity index (χ4v) is 30.0.